The summed E-state index contributed by atoms with van der Waals surface area (Å²) in [4.78, 5) is 13.2. The number of thioether (sulfide) groups is 1. The van der Waals surface area contributed by atoms with E-state index in [1.165, 1.54) is 0 Å². The summed E-state index contributed by atoms with van der Waals surface area (Å²) in [6.07, 6.45) is 1.38. The lowest BCUT2D eigenvalue weighted by Gasteiger charge is -2.15. The Balaban J connectivity index is 1.99. The molecule has 110 valence electrons. The molecule has 0 aliphatic heterocycles. The van der Waals surface area contributed by atoms with Gasteiger partial charge in [-0.15, -0.1) is 11.8 Å². The van der Waals surface area contributed by atoms with Gasteiger partial charge in [0.05, 0.1) is 0 Å². The van der Waals surface area contributed by atoms with Crippen LogP contribution in [0.2, 0.25) is 5.02 Å². The zero-order valence-electron chi connectivity index (χ0n) is 11.8. The average molecular weight is 322 g/mol. The van der Waals surface area contributed by atoms with Gasteiger partial charge in [-0.2, -0.15) is 0 Å². The molecule has 1 amide bonds. The number of halogens is 1. The van der Waals surface area contributed by atoms with Gasteiger partial charge in [-0.3, -0.25) is 4.79 Å². The number of benzene rings is 2. The molecule has 0 aliphatic carbocycles. The van der Waals surface area contributed by atoms with Crippen LogP contribution in [0.5, 0.6) is 5.75 Å². The van der Waals surface area contributed by atoms with Gasteiger partial charge >= 0.3 is 0 Å². The number of nitrogens with one attached hydrogen (secondary N) is 1. The van der Waals surface area contributed by atoms with Gasteiger partial charge in [-0.25, -0.2) is 0 Å². The number of carbonyl (C=O) groups is 1. The van der Waals surface area contributed by atoms with Crippen molar-refractivity contribution in [1.29, 1.82) is 0 Å². The minimum absolute atomic E-state index is 0.201. The summed E-state index contributed by atoms with van der Waals surface area (Å²) < 4.78 is 5.58. The number of amides is 1. The maximum Gasteiger partial charge on any atom is 0.265 e. The van der Waals surface area contributed by atoms with Crippen LogP contribution >= 0.6 is 23.4 Å². The standard InChI is InChI=1S/C16H16ClNO2S/c1-11(20-14-7-3-5-12(17)9-14)16(19)18-13-6-4-8-15(10-13)21-2/h3-11H,1-2H3,(H,18,19). The molecule has 0 spiro atoms. The molecule has 1 atom stereocenters. The summed E-state index contributed by atoms with van der Waals surface area (Å²) in [7, 11) is 0. The first-order chi connectivity index (χ1) is 10.1. The van der Waals surface area contributed by atoms with Gasteiger partial charge in [0.15, 0.2) is 6.10 Å². The molecule has 0 radical (unpaired) electrons. The van der Waals surface area contributed by atoms with E-state index in [0.29, 0.717) is 10.8 Å². The molecule has 5 heteroatoms. The molecule has 0 bridgehead atoms. The fourth-order valence-corrected chi connectivity index (χ4v) is 2.38. The lowest BCUT2D eigenvalue weighted by atomic mass is 10.3. The van der Waals surface area contributed by atoms with Crippen LogP contribution in [0.3, 0.4) is 0 Å². The zero-order valence-corrected chi connectivity index (χ0v) is 13.4. The Labute approximate surface area is 133 Å². The van der Waals surface area contributed by atoms with E-state index < -0.39 is 6.10 Å². The number of ether oxygens (including phenoxy) is 1. The molecule has 2 aromatic rings. The SMILES string of the molecule is CSc1cccc(NC(=O)C(C)Oc2cccc(Cl)c2)c1. The Kier molecular flexibility index (Phi) is 5.53. The number of hydrogen-bond acceptors (Lipinski definition) is 3. The number of rotatable bonds is 5. The highest BCUT2D eigenvalue weighted by Gasteiger charge is 2.15. The summed E-state index contributed by atoms with van der Waals surface area (Å²) in [5, 5.41) is 3.42. The lowest BCUT2D eigenvalue weighted by molar-refractivity contribution is -0.122. The van der Waals surface area contributed by atoms with Crippen LogP contribution in [0.1, 0.15) is 6.92 Å². The summed E-state index contributed by atoms with van der Waals surface area (Å²) >= 11 is 7.51. The minimum Gasteiger partial charge on any atom is -0.481 e. The Morgan fingerprint density at radius 1 is 1.24 bits per heavy atom. The first-order valence-corrected chi connectivity index (χ1v) is 8.06. The topological polar surface area (TPSA) is 38.3 Å². The predicted molar refractivity (Wildman–Crippen MR) is 88.4 cm³/mol. The van der Waals surface area contributed by atoms with Gasteiger partial charge in [-0.05, 0) is 49.6 Å². The first kappa shape index (κ1) is 15.7. The molecule has 2 rings (SSSR count). The van der Waals surface area contributed by atoms with Gasteiger partial charge in [0.1, 0.15) is 5.75 Å². The number of carbonyl (C=O) groups excluding carboxylic acids is 1. The molecule has 1 unspecified atom stereocenters. The van der Waals surface area contributed by atoms with Crippen molar-refractivity contribution in [3.05, 3.63) is 53.6 Å². The molecule has 21 heavy (non-hydrogen) atoms. The van der Waals surface area contributed by atoms with E-state index in [9.17, 15) is 4.79 Å². The highest BCUT2D eigenvalue weighted by atomic mass is 35.5. The van der Waals surface area contributed by atoms with Crippen molar-refractivity contribution in [2.45, 2.75) is 17.9 Å². The van der Waals surface area contributed by atoms with Gasteiger partial charge in [0, 0.05) is 15.6 Å². The maximum absolute atomic E-state index is 12.1. The second-order valence-corrected chi connectivity index (χ2v) is 5.75. The van der Waals surface area contributed by atoms with E-state index in [-0.39, 0.29) is 5.91 Å². The third-order valence-corrected chi connectivity index (χ3v) is 3.78. The highest BCUT2D eigenvalue weighted by Crippen LogP contribution is 2.21. The summed E-state index contributed by atoms with van der Waals surface area (Å²) in [5.74, 6) is 0.372. The normalized spacial score (nSPS) is 11.8. The lowest BCUT2D eigenvalue weighted by Crippen LogP contribution is -2.30. The average Bonchev–Trinajstić information content (AvgIpc) is 2.47. The fourth-order valence-electron chi connectivity index (χ4n) is 1.74. The Morgan fingerprint density at radius 3 is 2.71 bits per heavy atom. The third-order valence-electron chi connectivity index (χ3n) is 2.82. The smallest absolute Gasteiger partial charge is 0.265 e. The molecular weight excluding hydrogens is 306 g/mol. The van der Waals surface area contributed by atoms with Crippen LogP contribution in [0.15, 0.2) is 53.4 Å². The molecule has 0 saturated heterocycles. The van der Waals surface area contributed by atoms with E-state index in [1.54, 1.807) is 43.0 Å². The van der Waals surface area contributed by atoms with Gasteiger partial charge in [0.2, 0.25) is 0 Å². The van der Waals surface area contributed by atoms with Crippen molar-refractivity contribution in [2.75, 3.05) is 11.6 Å². The molecule has 0 saturated carbocycles. The van der Waals surface area contributed by atoms with Gasteiger partial charge in [-0.1, -0.05) is 23.7 Å². The molecular formula is C16H16ClNO2S. The molecule has 2 aromatic carbocycles. The monoisotopic (exact) mass is 321 g/mol. The molecule has 0 heterocycles. The van der Waals surface area contributed by atoms with Crippen LogP contribution in [0.4, 0.5) is 5.69 Å². The van der Waals surface area contributed by atoms with E-state index >= 15 is 0 Å². The fraction of sp³-hybridized carbons (Fsp3) is 0.188. The Morgan fingerprint density at radius 2 is 2.00 bits per heavy atom. The molecule has 3 nitrogen and oxygen atoms in total. The number of anilines is 1. The van der Waals surface area contributed by atoms with Crippen LogP contribution in [0.25, 0.3) is 0 Å². The number of hydrogen-bond donors (Lipinski definition) is 1. The van der Waals surface area contributed by atoms with Crippen molar-refractivity contribution in [3.8, 4) is 5.75 Å². The Hall–Kier alpha value is -1.65. The van der Waals surface area contributed by atoms with Crippen LogP contribution in [0, 0.1) is 0 Å². The first-order valence-electron chi connectivity index (χ1n) is 6.45. The largest absolute Gasteiger partial charge is 0.481 e. The van der Waals surface area contributed by atoms with Gasteiger partial charge in [0.25, 0.3) is 5.91 Å². The quantitative estimate of drug-likeness (QED) is 0.826. The van der Waals surface area contributed by atoms with Crippen LogP contribution in [-0.4, -0.2) is 18.3 Å². The third kappa shape index (κ3) is 4.69. The summed E-state index contributed by atoms with van der Waals surface area (Å²) in [6.45, 7) is 1.70. The van der Waals surface area contributed by atoms with Crippen molar-refractivity contribution < 1.29 is 9.53 Å². The Bertz CT molecular complexity index is 633. The molecule has 0 aromatic heterocycles. The van der Waals surface area contributed by atoms with E-state index in [2.05, 4.69) is 5.32 Å². The van der Waals surface area contributed by atoms with Crippen LogP contribution in [-0.2, 0) is 4.79 Å². The van der Waals surface area contributed by atoms with Crippen LogP contribution < -0.4 is 10.1 Å². The van der Waals surface area contributed by atoms with E-state index in [0.717, 1.165) is 10.6 Å². The summed E-state index contributed by atoms with van der Waals surface area (Å²) in [6, 6.07) is 14.7. The van der Waals surface area contributed by atoms with E-state index in [4.69, 9.17) is 16.3 Å². The van der Waals surface area contributed by atoms with Crippen molar-refractivity contribution in [2.24, 2.45) is 0 Å². The zero-order chi connectivity index (χ0) is 15.2. The molecule has 0 fully saturated rings. The van der Waals surface area contributed by atoms with E-state index in [1.807, 2.05) is 30.5 Å². The summed E-state index contributed by atoms with van der Waals surface area (Å²) in [5.41, 5.74) is 0.758. The van der Waals surface area contributed by atoms with Crippen molar-refractivity contribution in [3.63, 3.8) is 0 Å². The maximum atomic E-state index is 12.1. The second-order valence-electron chi connectivity index (χ2n) is 4.44. The van der Waals surface area contributed by atoms with Crippen molar-refractivity contribution in [1.82, 2.24) is 0 Å². The van der Waals surface area contributed by atoms with Gasteiger partial charge < -0.3 is 10.1 Å². The van der Waals surface area contributed by atoms with Crippen molar-refractivity contribution >= 4 is 35.0 Å². The predicted octanol–water partition coefficient (Wildman–Crippen LogP) is 4.47. The second kappa shape index (κ2) is 7.38. The molecule has 1 N–H and O–H groups in total. The minimum atomic E-state index is -0.610. The molecule has 0 aliphatic rings. The highest BCUT2D eigenvalue weighted by molar-refractivity contribution is 7.98.